The van der Waals surface area contributed by atoms with Crippen molar-refractivity contribution in [2.45, 2.75) is 52.7 Å². The van der Waals surface area contributed by atoms with E-state index in [2.05, 4.69) is 38.3 Å². The van der Waals surface area contributed by atoms with E-state index in [9.17, 15) is 9.50 Å². The largest absolute Gasteiger partial charge is 0.392 e. The van der Waals surface area contributed by atoms with Crippen molar-refractivity contribution in [2.75, 3.05) is 0 Å². The average Bonchev–Trinajstić information content (AvgIpc) is 2.74. The number of hydrogen-bond donors (Lipinski definition) is 1. The summed E-state index contributed by atoms with van der Waals surface area (Å²) in [6.45, 7) is 9.46. The molecule has 1 aromatic carbocycles. The van der Waals surface area contributed by atoms with E-state index in [0.717, 1.165) is 29.8 Å². The molecule has 21 heavy (non-hydrogen) atoms. The van der Waals surface area contributed by atoms with Gasteiger partial charge in [0.05, 0.1) is 6.61 Å². The maximum atomic E-state index is 13.0. The van der Waals surface area contributed by atoms with Crippen LogP contribution in [0, 0.1) is 12.7 Å². The molecule has 0 spiro atoms. The fraction of sp³-hybridized carbons (Fsp3) is 0.444. The molecule has 0 unspecified atom stereocenters. The lowest BCUT2D eigenvalue weighted by Gasteiger charge is -2.24. The first kappa shape index (κ1) is 15.8. The molecular weight excluding hydrogens is 265 g/mol. The minimum atomic E-state index is -0.200. The third-order valence-electron chi connectivity index (χ3n) is 3.80. The highest BCUT2D eigenvalue weighted by molar-refractivity contribution is 5.32. The van der Waals surface area contributed by atoms with Crippen LogP contribution in [0.4, 0.5) is 4.39 Å². The molecule has 0 bridgehead atoms. The van der Waals surface area contributed by atoms with Gasteiger partial charge in [0.25, 0.3) is 0 Å². The van der Waals surface area contributed by atoms with Crippen LogP contribution in [0.15, 0.2) is 30.3 Å². The van der Waals surface area contributed by atoms with Gasteiger partial charge in [0.1, 0.15) is 5.82 Å². The lowest BCUT2D eigenvalue weighted by atomic mass is 9.89. The van der Waals surface area contributed by atoms with Crippen molar-refractivity contribution in [2.24, 2.45) is 0 Å². The fourth-order valence-corrected chi connectivity index (χ4v) is 2.94. The second kappa shape index (κ2) is 6.02. The fourth-order valence-electron chi connectivity index (χ4n) is 2.94. The Morgan fingerprint density at radius 1 is 1.14 bits per heavy atom. The van der Waals surface area contributed by atoms with Crippen molar-refractivity contribution in [1.82, 2.24) is 4.57 Å². The molecule has 0 saturated carbocycles. The summed E-state index contributed by atoms with van der Waals surface area (Å²) in [6.07, 6.45) is 0.851. The molecule has 0 fully saturated rings. The number of halogens is 1. The molecule has 1 aromatic heterocycles. The highest BCUT2D eigenvalue weighted by atomic mass is 19.1. The molecule has 0 aliphatic heterocycles. The number of benzene rings is 1. The maximum absolute atomic E-state index is 13.0. The van der Waals surface area contributed by atoms with Gasteiger partial charge in [-0.1, -0.05) is 32.9 Å². The minimum absolute atomic E-state index is 0.0187. The first-order valence-electron chi connectivity index (χ1n) is 7.37. The number of rotatable bonds is 4. The second-order valence-electron chi connectivity index (χ2n) is 6.60. The maximum Gasteiger partial charge on any atom is 0.123 e. The summed E-state index contributed by atoms with van der Waals surface area (Å²) in [6, 6.07) is 8.73. The summed E-state index contributed by atoms with van der Waals surface area (Å²) in [5.74, 6) is -0.200. The Labute approximate surface area is 126 Å². The Morgan fingerprint density at radius 3 is 2.29 bits per heavy atom. The summed E-state index contributed by atoms with van der Waals surface area (Å²) in [5, 5.41) is 9.58. The second-order valence-corrected chi connectivity index (χ2v) is 6.60. The van der Waals surface area contributed by atoms with Crippen LogP contribution in [-0.2, 0) is 25.0 Å². The van der Waals surface area contributed by atoms with Crippen molar-refractivity contribution in [1.29, 1.82) is 0 Å². The molecule has 1 N–H and O–H groups in total. The molecule has 0 atom stereocenters. The lowest BCUT2D eigenvalue weighted by molar-refractivity contribution is 0.277. The van der Waals surface area contributed by atoms with E-state index in [-0.39, 0.29) is 17.8 Å². The van der Waals surface area contributed by atoms with Crippen LogP contribution in [0.1, 0.15) is 43.3 Å². The van der Waals surface area contributed by atoms with E-state index in [4.69, 9.17) is 0 Å². The molecular formula is C18H24FNO. The summed E-state index contributed by atoms with van der Waals surface area (Å²) in [4.78, 5) is 0. The van der Waals surface area contributed by atoms with Gasteiger partial charge in [0.2, 0.25) is 0 Å². The van der Waals surface area contributed by atoms with Crippen molar-refractivity contribution < 1.29 is 9.50 Å². The number of aryl methyl sites for hydroxylation is 2. The summed E-state index contributed by atoms with van der Waals surface area (Å²) in [5.41, 5.74) is 4.44. The first-order chi connectivity index (χ1) is 9.82. The lowest BCUT2D eigenvalue weighted by Crippen LogP contribution is -2.21. The van der Waals surface area contributed by atoms with Gasteiger partial charge >= 0.3 is 0 Å². The van der Waals surface area contributed by atoms with Gasteiger partial charge in [-0.25, -0.2) is 4.39 Å². The molecule has 0 radical (unpaired) electrons. The monoisotopic (exact) mass is 289 g/mol. The highest BCUT2D eigenvalue weighted by Crippen LogP contribution is 2.29. The van der Waals surface area contributed by atoms with Gasteiger partial charge in [-0.3, -0.25) is 0 Å². The van der Waals surface area contributed by atoms with Crippen LogP contribution in [0.25, 0.3) is 0 Å². The minimum Gasteiger partial charge on any atom is -0.392 e. The third kappa shape index (κ3) is 3.53. The van der Waals surface area contributed by atoms with Crippen LogP contribution >= 0.6 is 0 Å². The smallest absolute Gasteiger partial charge is 0.123 e. The summed E-state index contributed by atoms with van der Waals surface area (Å²) >= 11 is 0. The van der Waals surface area contributed by atoms with Gasteiger partial charge < -0.3 is 9.67 Å². The molecule has 2 rings (SSSR count). The van der Waals surface area contributed by atoms with Gasteiger partial charge in [0, 0.05) is 23.3 Å². The molecule has 2 nitrogen and oxygen atoms in total. The van der Waals surface area contributed by atoms with Crippen molar-refractivity contribution in [3.63, 3.8) is 0 Å². The van der Waals surface area contributed by atoms with Crippen molar-refractivity contribution >= 4 is 0 Å². The Bertz CT molecular complexity index is 605. The zero-order valence-electron chi connectivity index (χ0n) is 13.3. The number of nitrogens with zero attached hydrogens (tertiary/aromatic N) is 1. The summed E-state index contributed by atoms with van der Waals surface area (Å²) in [7, 11) is 0. The Kier molecular flexibility index (Phi) is 4.52. The Balaban J connectivity index is 2.27. The average molecular weight is 289 g/mol. The van der Waals surface area contributed by atoms with E-state index in [1.807, 2.05) is 12.1 Å². The zero-order valence-corrected chi connectivity index (χ0v) is 13.3. The van der Waals surface area contributed by atoms with Gasteiger partial charge in [-0.15, -0.1) is 0 Å². The zero-order chi connectivity index (χ0) is 15.6. The number of hydrogen-bond acceptors (Lipinski definition) is 1. The predicted octanol–water partition coefficient (Wildman–Crippen LogP) is 3.97. The van der Waals surface area contributed by atoms with Gasteiger partial charge in [-0.05, 0) is 42.7 Å². The Morgan fingerprint density at radius 2 is 1.76 bits per heavy atom. The normalized spacial score (nSPS) is 11.9. The van der Waals surface area contributed by atoms with E-state index >= 15 is 0 Å². The predicted molar refractivity (Wildman–Crippen MR) is 83.9 cm³/mol. The number of aliphatic hydroxyl groups excluding tert-OH is 1. The van der Waals surface area contributed by atoms with Crippen molar-refractivity contribution in [3.05, 3.63) is 58.7 Å². The first-order valence-corrected chi connectivity index (χ1v) is 7.37. The standard InChI is InChI=1S/C18H24FNO/c1-13-11-15(12-21)17(18(2,3)4)20(13)10-9-14-5-7-16(19)8-6-14/h5-8,11,21H,9-10,12H2,1-4H3. The molecule has 0 aliphatic carbocycles. The molecule has 0 aliphatic rings. The highest BCUT2D eigenvalue weighted by Gasteiger charge is 2.23. The van der Waals surface area contributed by atoms with Crippen LogP contribution in [0.2, 0.25) is 0 Å². The topological polar surface area (TPSA) is 25.2 Å². The molecule has 0 saturated heterocycles. The van der Waals surface area contributed by atoms with Gasteiger partial charge in [0.15, 0.2) is 0 Å². The molecule has 1 heterocycles. The molecule has 3 heteroatoms. The number of aliphatic hydroxyl groups is 1. The van der Waals surface area contributed by atoms with E-state index < -0.39 is 0 Å². The van der Waals surface area contributed by atoms with Gasteiger partial charge in [-0.2, -0.15) is 0 Å². The quantitative estimate of drug-likeness (QED) is 0.905. The van der Waals surface area contributed by atoms with Crippen LogP contribution < -0.4 is 0 Å². The van der Waals surface area contributed by atoms with E-state index in [0.29, 0.717) is 0 Å². The molecule has 0 amide bonds. The Hall–Kier alpha value is -1.61. The molecule has 2 aromatic rings. The van der Waals surface area contributed by atoms with E-state index in [1.165, 1.54) is 17.8 Å². The van der Waals surface area contributed by atoms with E-state index in [1.54, 1.807) is 0 Å². The summed E-state index contributed by atoms with van der Waals surface area (Å²) < 4.78 is 15.2. The van der Waals surface area contributed by atoms with Crippen LogP contribution in [-0.4, -0.2) is 9.67 Å². The third-order valence-corrected chi connectivity index (χ3v) is 3.80. The van der Waals surface area contributed by atoms with Crippen molar-refractivity contribution in [3.8, 4) is 0 Å². The van der Waals surface area contributed by atoms with Crippen LogP contribution in [0.5, 0.6) is 0 Å². The van der Waals surface area contributed by atoms with Crippen LogP contribution in [0.3, 0.4) is 0 Å². The SMILES string of the molecule is Cc1cc(CO)c(C(C)(C)C)n1CCc1ccc(F)cc1. The molecule has 114 valence electrons. The number of aromatic nitrogens is 1.